The van der Waals surface area contributed by atoms with Crippen molar-refractivity contribution < 1.29 is 14.3 Å². The number of nitrogens with one attached hydrogen (secondary N) is 1. The second-order valence-electron chi connectivity index (χ2n) is 9.29. The van der Waals surface area contributed by atoms with Gasteiger partial charge >= 0.3 is 0 Å². The summed E-state index contributed by atoms with van der Waals surface area (Å²) >= 11 is 1.56. The van der Waals surface area contributed by atoms with Crippen molar-refractivity contribution in [2.75, 3.05) is 50.2 Å². The normalized spacial score (nSPS) is 14.2. The third-order valence-electron chi connectivity index (χ3n) is 6.71. The fraction of sp³-hybridized carbons (Fsp3) is 0.393. The molecule has 0 radical (unpaired) electrons. The number of ether oxygens (including phenoxy) is 2. The Bertz CT molecular complexity index is 1380. The standard InChI is InChI=1S/C28H33N5O3S/c1-4-32(12-15-35-3)24-18-25(33-11-8-22(31-33)21-7-5-6-19(2)16-21)29-23-17-26(37-27(23)24)30-28(34)20-9-13-36-14-10-20/h5-8,11,16-18,20H,4,9-10,12-15H2,1-3H3,(H,30,34). The van der Waals surface area contributed by atoms with Crippen molar-refractivity contribution in [1.82, 2.24) is 14.8 Å². The molecule has 1 saturated heterocycles. The van der Waals surface area contributed by atoms with Crippen molar-refractivity contribution in [1.29, 1.82) is 0 Å². The summed E-state index contributed by atoms with van der Waals surface area (Å²) < 4.78 is 13.6. The van der Waals surface area contributed by atoms with Gasteiger partial charge in [0.15, 0.2) is 5.82 Å². The van der Waals surface area contributed by atoms with Crippen LogP contribution in [0.4, 0.5) is 10.7 Å². The Balaban J connectivity index is 1.51. The molecule has 0 atom stereocenters. The number of methoxy groups -OCH3 is 1. The van der Waals surface area contributed by atoms with Crippen LogP contribution in [0.25, 0.3) is 27.3 Å². The molecule has 8 nitrogen and oxygen atoms in total. The third kappa shape index (κ3) is 5.69. The van der Waals surface area contributed by atoms with E-state index in [1.165, 1.54) is 5.56 Å². The van der Waals surface area contributed by atoms with E-state index in [9.17, 15) is 4.79 Å². The number of fused-ring (bicyclic) bond motifs is 1. The number of nitrogens with zero attached hydrogens (tertiary/aromatic N) is 4. The lowest BCUT2D eigenvalue weighted by Gasteiger charge is -2.23. The topological polar surface area (TPSA) is 81.5 Å². The number of anilines is 2. The number of rotatable bonds is 9. The van der Waals surface area contributed by atoms with Crippen LogP contribution >= 0.6 is 11.3 Å². The summed E-state index contributed by atoms with van der Waals surface area (Å²) in [4.78, 5) is 20.1. The number of aryl methyl sites for hydroxylation is 1. The summed E-state index contributed by atoms with van der Waals surface area (Å²) in [6.07, 6.45) is 3.46. The Morgan fingerprint density at radius 1 is 1.24 bits per heavy atom. The molecule has 3 aromatic heterocycles. The minimum absolute atomic E-state index is 0.0140. The Morgan fingerprint density at radius 2 is 2.08 bits per heavy atom. The van der Waals surface area contributed by atoms with E-state index in [4.69, 9.17) is 19.6 Å². The first-order chi connectivity index (χ1) is 18.1. The number of carbonyl (C=O) groups excluding carboxylic acids is 1. The zero-order valence-corrected chi connectivity index (χ0v) is 22.4. The molecule has 0 bridgehead atoms. The molecule has 0 aliphatic carbocycles. The Hall–Kier alpha value is -3.27. The number of benzene rings is 1. The molecule has 1 aromatic carbocycles. The number of hydrogen-bond acceptors (Lipinski definition) is 7. The van der Waals surface area contributed by atoms with Crippen LogP contribution in [-0.4, -0.2) is 60.7 Å². The van der Waals surface area contributed by atoms with Gasteiger partial charge in [-0.15, -0.1) is 11.3 Å². The van der Waals surface area contributed by atoms with E-state index in [0.717, 1.165) is 63.9 Å². The predicted molar refractivity (Wildman–Crippen MR) is 149 cm³/mol. The summed E-state index contributed by atoms with van der Waals surface area (Å²) in [5, 5.41) is 8.78. The van der Waals surface area contributed by atoms with Crippen molar-refractivity contribution in [3.63, 3.8) is 0 Å². The van der Waals surface area contributed by atoms with E-state index in [1.807, 2.05) is 29.1 Å². The molecule has 4 aromatic rings. The lowest BCUT2D eigenvalue weighted by molar-refractivity contribution is -0.122. The molecular weight excluding hydrogens is 486 g/mol. The van der Waals surface area contributed by atoms with Gasteiger partial charge in [0.2, 0.25) is 5.91 Å². The van der Waals surface area contributed by atoms with Gasteiger partial charge in [-0.2, -0.15) is 5.10 Å². The van der Waals surface area contributed by atoms with Crippen LogP contribution in [-0.2, 0) is 14.3 Å². The summed E-state index contributed by atoms with van der Waals surface area (Å²) in [5.41, 5.74) is 5.06. The number of pyridine rings is 1. The fourth-order valence-electron chi connectivity index (χ4n) is 4.65. The number of hydrogen-bond donors (Lipinski definition) is 1. The molecular formula is C28H33N5O3S. The average molecular weight is 520 g/mol. The Labute approximate surface area is 221 Å². The van der Waals surface area contributed by atoms with Crippen molar-refractivity contribution >= 4 is 38.1 Å². The van der Waals surface area contributed by atoms with Crippen LogP contribution in [0.1, 0.15) is 25.3 Å². The first-order valence-electron chi connectivity index (χ1n) is 12.8. The molecule has 0 spiro atoms. The van der Waals surface area contributed by atoms with E-state index in [1.54, 1.807) is 18.4 Å². The number of carbonyl (C=O) groups is 1. The van der Waals surface area contributed by atoms with E-state index in [-0.39, 0.29) is 11.8 Å². The molecule has 1 fully saturated rings. The summed E-state index contributed by atoms with van der Waals surface area (Å²) in [7, 11) is 1.72. The maximum Gasteiger partial charge on any atom is 0.228 e. The SMILES string of the molecule is CCN(CCOC)c1cc(-n2ccc(-c3cccc(C)c3)n2)nc2cc(NC(=O)C3CCOCC3)sc12. The van der Waals surface area contributed by atoms with E-state index in [0.29, 0.717) is 19.8 Å². The lowest BCUT2D eigenvalue weighted by Crippen LogP contribution is -2.28. The van der Waals surface area contributed by atoms with Gasteiger partial charge in [0.05, 0.1) is 33.2 Å². The maximum absolute atomic E-state index is 12.9. The molecule has 37 heavy (non-hydrogen) atoms. The third-order valence-corrected chi connectivity index (χ3v) is 7.77. The van der Waals surface area contributed by atoms with Gasteiger partial charge in [-0.3, -0.25) is 4.79 Å². The van der Waals surface area contributed by atoms with Gasteiger partial charge in [-0.1, -0.05) is 23.8 Å². The largest absolute Gasteiger partial charge is 0.383 e. The van der Waals surface area contributed by atoms with Crippen molar-refractivity contribution in [3.05, 3.63) is 54.2 Å². The van der Waals surface area contributed by atoms with Gasteiger partial charge in [-0.05, 0) is 44.9 Å². The van der Waals surface area contributed by atoms with Crippen LogP contribution in [0.2, 0.25) is 0 Å². The Morgan fingerprint density at radius 3 is 2.84 bits per heavy atom. The molecule has 194 valence electrons. The van der Waals surface area contributed by atoms with Crippen molar-refractivity contribution in [2.45, 2.75) is 26.7 Å². The predicted octanol–water partition coefficient (Wildman–Crippen LogP) is 5.30. The molecule has 5 rings (SSSR count). The zero-order valence-electron chi connectivity index (χ0n) is 21.6. The molecule has 4 heterocycles. The van der Waals surface area contributed by atoms with Crippen LogP contribution in [0.15, 0.2) is 48.7 Å². The number of amides is 1. The fourth-order valence-corrected chi connectivity index (χ4v) is 5.69. The molecule has 9 heteroatoms. The van der Waals surface area contributed by atoms with Gasteiger partial charge in [0, 0.05) is 57.2 Å². The number of aromatic nitrogens is 3. The number of thiophene rings is 1. The second-order valence-corrected chi connectivity index (χ2v) is 10.3. The number of likely N-dealkylation sites (N-methyl/N-ethyl adjacent to an activating group) is 1. The van der Waals surface area contributed by atoms with Crippen molar-refractivity contribution in [3.8, 4) is 17.1 Å². The van der Waals surface area contributed by atoms with E-state index in [2.05, 4.69) is 48.3 Å². The smallest absolute Gasteiger partial charge is 0.228 e. The molecule has 1 amide bonds. The monoisotopic (exact) mass is 519 g/mol. The summed E-state index contributed by atoms with van der Waals surface area (Å²) in [5.74, 6) is 0.774. The zero-order chi connectivity index (χ0) is 25.8. The van der Waals surface area contributed by atoms with Crippen LogP contribution < -0.4 is 10.2 Å². The van der Waals surface area contributed by atoms with Crippen LogP contribution in [0.5, 0.6) is 0 Å². The first-order valence-corrected chi connectivity index (χ1v) is 13.6. The van der Waals surface area contributed by atoms with Crippen LogP contribution in [0.3, 0.4) is 0 Å². The van der Waals surface area contributed by atoms with E-state index < -0.39 is 0 Å². The van der Waals surface area contributed by atoms with Crippen molar-refractivity contribution in [2.24, 2.45) is 5.92 Å². The van der Waals surface area contributed by atoms with Gasteiger partial charge < -0.3 is 19.7 Å². The summed E-state index contributed by atoms with van der Waals surface area (Å²) in [6.45, 7) is 7.67. The molecule has 1 aliphatic heterocycles. The highest BCUT2D eigenvalue weighted by Gasteiger charge is 2.23. The highest BCUT2D eigenvalue weighted by molar-refractivity contribution is 7.23. The molecule has 0 unspecified atom stereocenters. The van der Waals surface area contributed by atoms with Crippen LogP contribution in [0, 0.1) is 12.8 Å². The highest BCUT2D eigenvalue weighted by atomic mass is 32.1. The van der Waals surface area contributed by atoms with Gasteiger partial charge in [0.25, 0.3) is 0 Å². The minimum atomic E-state index is -0.0140. The van der Waals surface area contributed by atoms with E-state index >= 15 is 0 Å². The molecule has 0 saturated carbocycles. The van der Waals surface area contributed by atoms with Gasteiger partial charge in [-0.25, -0.2) is 9.67 Å². The Kier molecular flexibility index (Phi) is 7.83. The lowest BCUT2D eigenvalue weighted by atomic mass is 10.00. The quantitative estimate of drug-likeness (QED) is 0.323. The summed E-state index contributed by atoms with van der Waals surface area (Å²) in [6, 6.07) is 14.4. The second kappa shape index (κ2) is 11.4. The molecule has 1 aliphatic rings. The minimum Gasteiger partial charge on any atom is -0.383 e. The first kappa shape index (κ1) is 25.4. The average Bonchev–Trinajstić information content (AvgIpc) is 3.57. The maximum atomic E-state index is 12.9. The molecule has 1 N–H and O–H groups in total. The van der Waals surface area contributed by atoms with Gasteiger partial charge in [0.1, 0.15) is 0 Å². The highest BCUT2D eigenvalue weighted by Crippen LogP contribution is 2.38.